The zero-order valence-corrected chi connectivity index (χ0v) is 6.43. The van der Waals surface area contributed by atoms with Crippen molar-refractivity contribution >= 4 is 26.1 Å². The van der Waals surface area contributed by atoms with Gasteiger partial charge in [0.05, 0.1) is 0 Å². The fourth-order valence-electron chi connectivity index (χ4n) is 0. The molecule has 0 rings (SSSR count). The molecule has 0 atom stereocenters. The summed E-state index contributed by atoms with van der Waals surface area (Å²) < 4.78 is 0. The minimum absolute atomic E-state index is 0.250. The van der Waals surface area contributed by atoms with Crippen LogP contribution in [0.3, 0.4) is 0 Å². The molecule has 0 unspecified atom stereocenters. The van der Waals surface area contributed by atoms with Gasteiger partial charge in [0, 0.05) is 0 Å². The molecule has 0 aromatic carbocycles. The molecule has 0 fully saturated rings. The summed E-state index contributed by atoms with van der Waals surface area (Å²) in [5, 5.41) is 0. The Morgan fingerprint density at radius 2 is 1.67 bits per heavy atom. The van der Waals surface area contributed by atoms with Crippen molar-refractivity contribution in [3.05, 3.63) is 0 Å². The molecule has 0 radical (unpaired) electrons. The van der Waals surface area contributed by atoms with Gasteiger partial charge in [0.25, 0.3) is 0 Å². The third kappa shape index (κ3) is 166. The number of carbonyl (C=O) groups is 1. The normalized spacial score (nSPS) is 4.00. The predicted octanol–water partition coefficient (Wildman–Crippen LogP) is 0.395. The van der Waals surface area contributed by atoms with Crippen LogP contribution < -0.4 is 5.73 Å². The van der Waals surface area contributed by atoms with Crippen molar-refractivity contribution < 1.29 is 19.7 Å². The molecule has 0 bridgehead atoms. The fraction of sp³-hybridized carbons (Fsp3) is 0. The molecule has 0 aliphatic heterocycles. The first-order chi connectivity index (χ1) is 2.83. The Kier molecular flexibility index (Phi) is 28.6. The molecule has 0 aromatic rings. The first kappa shape index (κ1) is 9.78. The maximum absolute atomic E-state index is 8.58. The van der Waals surface area contributed by atoms with Crippen LogP contribution in [-0.2, 0) is 19.7 Å². The molecule has 0 aromatic heterocycles. The zero-order valence-electron chi connectivity index (χ0n) is 2.79. The first-order valence-corrected chi connectivity index (χ1v) is 6.49. The van der Waals surface area contributed by atoms with E-state index < -0.39 is 0 Å². The van der Waals surface area contributed by atoms with Crippen molar-refractivity contribution in [2.24, 2.45) is 5.73 Å². The van der Waals surface area contributed by atoms with E-state index in [1.165, 1.54) is 0 Å². The number of carbonyl (C=O) groups excluding carboxylic acids is 1. The molecular formula is CH3MoNOS2. The van der Waals surface area contributed by atoms with Gasteiger partial charge in [-0.25, -0.2) is 0 Å². The molecule has 2 N–H and O–H groups in total. The van der Waals surface area contributed by atoms with Crippen LogP contribution >= 0.6 is 19.6 Å². The van der Waals surface area contributed by atoms with Gasteiger partial charge in [-0.15, -0.1) is 0 Å². The van der Waals surface area contributed by atoms with E-state index in [0.717, 1.165) is 0 Å². The van der Waals surface area contributed by atoms with Gasteiger partial charge in [0.15, 0.2) is 0 Å². The molecule has 0 aliphatic rings. The van der Waals surface area contributed by atoms with Gasteiger partial charge >= 0.3 is 34.6 Å². The van der Waals surface area contributed by atoms with Gasteiger partial charge < -0.3 is 5.73 Å². The van der Waals surface area contributed by atoms with Crippen LogP contribution in [0, 0.1) is 0 Å². The van der Waals surface area contributed by atoms with Crippen molar-refractivity contribution in [2.75, 3.05) is 0 Å². The first-order valence-electron chi connectivity index (χ1n) is 0.902. The van der Waals surface area contributed by atoms with Crippen LogP contribution in [0.15, 0.2) is 0 Å². The predicted molar refractivity (Wildman–Crippen MR) is 25.4 cm³/mol. The van der Waals surface area contributed by atoms with Gasteiger partial charge in [0.2, 0.25) is 6.41 Å². The van der Waals surface area contributed by atoms with E-state index in [4.69, 9.17) is 4.79 Å². The molecule has 2 nitrogen and oxygen atoms in total. The molecule has 6 heavy (non-hydrogen) atoms. The van der Waals surface area contributed by atoms with Crippen LogP contribution in [0.4, 0.5) is 0 Å². The van der Waals surface area contributed by atoms with E-state index in [1.54, 1.807) is 0 Å². The quantitative estimate of drug-likeness (QED) is 0.459. The Bertz CT molecular complexity index is 58.6. The summed E-state index contributed by atoms with van der Waals surface area (Å²) in [6, 6.07) is 0. The molecule has 0 spiro atoms. The topological polar surface area (TPSA) is 43.1 Å². The number of primary amides is 1. The molecule has 5 heteroatoms. The average molecular weight is 205 g/mol. The second-order valence-corrected chi connectivity index (χ2v) is 3.76. The number of hydrogen-bond donors (Lipinski definition) is 1. The van der Waals surface area contributed by atoms with Crippen molar-refractivity contribution in [1.29, 1.82) is 0 Å². The fourth-order valence-corrected chi connectivity index (χ4v) is 0. The van der Waals surface area contributed by atoms with E-state index in [9.17, 15) is 0 Å². The van der Waals surface area contributed by atoms with Crippen molar-refractivity contribution in [1.82, 2.24) is 0 Å². The average Bonchev–Trinajstić information content (AvgIpc) is 1.39. The summed E-state index contributed by atoms with van der Waals surface area (Å²) in [4.78, 5) is 8.58. The zero-order chi connectivity index (χ0) is 5.41. The maximum atomic E-state index is 8.58. The third-order valence-corrected chi connectivity index (χ3v) is 0. The Morgan fingerprint density at radius 3 is 1.67 bits per heavy atom. The number of nitrogens with two attached hydrogens (primary N) is 1. The van der Waals surface area contributed by atoms with E-state index in [2.05, 4.69) is 25.4 Å². The molecular weight excluding hydrogens is 202 g/mol. The van der Waals surface area contributed by atoms with Gasteiger partial charge in [0.1, 0.15) is 0 Å². The van der Waals surface area contributed by atoms with Gasteiger partial charge in [-0.05, 0) is 0 Å². The van der Waals surface area contributed by atoms with E-state index in [1.807, 2.05) is 0 Å². The molecule has 0 aliphatic carbocycles. The molecule has 36 valence electrons. The summed E-state index contributed by atoms with van der Waals surface area (Å²) >= 11 is -0.363. The molecule has 0 saturated heterocycles. The van der Waals surface area contributed by atoms with Crippen LogP contribution in [-0.4, -0.2) is 6.41 Å². The second-order valence-electron chi connectivity index (χ2n) is 0.204. The molecule has 1 amide bonds. The summed E-state index contributed by atoms with van der Waals surface area (Å²) in [6.07, 6.45) is 0.250. The van der Waals surface area contributed by atoms with E-state index >= 15 is 0 Å². The monoisotopic (exact) mass is 207 g/mol. The van der Waals surface area contributed by atoms with Crippen molar-refractivity contribution in [3.63, 3.8) is 0 Å². The second kappa shape index (κ2) is 17.5. The van der Waals surface area contributed by atoms with Gasteiger partial charge in [-0.3, -0.25) is 4.79 Å². The standard InChI is InChI=1S/CH3NO.Mo.2S/c2-1-3;;;/h1H,(H2,2,3);;;. The summed E-state index contributed by atoms with van der Waals surface area (Å²) in [5.41, 5.74) is 4.17. The van der Waals surface area contributed by atoms with Crippen LogP contribution in [0.5, 0.6) is 0 Å². The van der Waals surface area contributed by atoms with Crippen LogP contribution in [0.25, 0.3) is 0 Å². The Labute approximate surface area is 51.5 Å². The van der Waals surface area contributed by atoms with Crippen molar-refractivity contribution in [2.45, 2.75) is 0 Å². The van der Waals surface area contributed by atoms with Crippen LogP contribution in [0.2, 0.25) is 0 Å². The van der Waals surface area contributed by atoms with E-state index in [0.29, 0.717) is 0 Å². The van der Waals surface area contributed by atoms with Gasteiger partial charge in [-0.1, -0.05) is 0 Å². The number of hydrogen-bond acceptors (Lipinski definition) is 3. The number of rotatable bonds is 0. The SMILES string of the molecule is NC=O.[S]=[Mo]=[S]. The number of amides is 1. The van der Waals surface area contributed by atoms with Crippen LogP contribution in [0.1, 0.15) is 0 Å². The summed E-state index contributed by atoms with van der Waals surface area (Å²) in [7, 11) is 8.68. The summed E-state index contributed by atoms with van der Waals surface area (Å²) in [6.45, 7) is 0. The Balaban J connectivity index is 0. The Hall–Kier alpha value is 0.598. The molecule has 0 heterocycles. The minimum atomic E-state index is -0.363. The third-order valence-electron chi connectivity index (χ3n) is 0. The Morgan fingerprint density at radius 1 is 1.67 bits per heavy atom. The summed E-state index contributed by atoms with van der Waals surface area (Å²) in [5.74, 6) is 0. The van der Waals surface area contributed by atoms with Crippen molar-refractivity contribution in [3.8, 4) is 0 Å². The molecule has 0 saturated carbocycles. The van der Waals surface area contributed by atoms with Gasteiger partial charge in [-0.2, -0.15) is 0 Å². The van der Waals surface area contributed by atoms with E-state index in [-0.39, 0.29) is 21.3 Å².